The summed E-state index contributed by atoms with van der Waals surface area (Å²) in [5.74, 6) is 1.26. The van der Waals surface area contributed by atoms with E-state index >= 15 is 0 Å². The summed E-state index contributed by atoms with van der Waals surface area (Å²) in [5, 5.41) is 19.8. The van der Waals surface area contributed by atoms with Crippen molar-refractivity contribution in [2.75, 3.05) is 13.2 Å². The third-order valence-electron chi connectivity index (χ3n) is 8.62. The van der Waals surface area contributed by atoms with Crippen LogP contribution in [0, 0.1) is 34.5 Å². The Hall–Kier alpha value is -1.13. The van der Waals surface area contributed by atoms with Crippen molar-refractivity contribution in [1.82, 2.24) is 0 Å². The summed E-state index contributed by atoms with van der Waals surface area (Å²) in [4.78, 5) is 11.5. The standard InChI is InChI=1S/C24H38O4/c1-16-7-8-21-20(15-26)22(10-12-23(16,21)3)24(4)11-9-19(28-17(2)27)14-18(24)6-5-13-25/h5-6,18-22,25-26H,1,7-15H2,2-4H3/b6-5+/t18-,19-,20-,21?,22?,23+,24-/m0/s1. The Morgan fingerprint density at radius 3 is 2.61 bits per heavy atom. The molecule has 2 unspecified atom stereocenters. The first-order valence-electron chi connectivity index (χ1n) is 11.0. The van der Waals surface area contributed by atoms with Crippen molar-refractivity contribution in [3.8, 4) is 0 Å². The molecule has 3 aliphatic carbocycles. The van der Waals surface area contributed by atoms with Gasteiger partial charge in [0.05, 0.1) is 6.61 Å². The number of hydrogen-bond donors (Lipinski definition) is 2. The molecule has 4 heteroatoms. The van der Waals surface area contributed by atoms with Gasteiger partial charge < -0.3 is 14.9 Å². The van der Waals surface area contributed by atoms with Crippen LogP contribution in [0.15, 0.2) is 24.3 Å². The van der Waals surface area contributed by atoms with Gasteiger partial charge in [-0.05, 0) is 79.4 Å². The maximum absolute atomic E-state index is 11.5. The van der Waals surface area contributed by atoms with E-state index in [1.54, 1.807) is 0 Å². The van der Waals surface area contributed by atoms with Gasteiger partial charge in [0, 0.05) is 13.5 Å². The SMILES string of the molecule is C=C1CCC2[C@H](CO)C([C@@]3(C)CC[C@H](OC(C)=O)C[C@@H]3/C=C/CO)CC[C@]12C. The highest BCUT2D eigenvalue weighted by Gasteiger charge is 2.56. The van der Waals surface area contributed by atoms with Crippen molar-refractivity contribution in [1.29, 1.82) is 0 Å². The highest BCUT2D eigenvalue weighted by Crippen LogP contribution is 2.63. The van der Waals surface area contributed by atoms with Crippen molar-refractivity contribution in [3.05, 3.63) is 24.3 Å². The quantitative estimate of drug-likeness (QED) is 0.544. The fourth-order valence-corrected chi connectivity index (χ4v) is 6.92. The highest BCUT2D eigenvalue weighted by atomic mass is 16.5. The first-order valence-corrected chi connectivity index (χ1v) is 11.0. The number of aliphatic hydroxyl groups excluding tert-OH is 2. The van der Waals surface area contributed by atoms with Gasteiger partial charge in [-0.15, -0.1) is 0 Å². The van der Waals surface area contributed by atoms with Gasteiger partial charge in [-0.25, -0.2) is 0 Å². The van der Waals surface area contributed by atoms with E-state index in [-0.39, 0.29) is 42.0 Å². The molecule has 7 atom stereocenters. The Morgan fingerprint density at radius 2 is 1.96 bits per heavy atom. The molecule has 0 aromatic heterocycles. The summed E-state index contributed by atoms with van der Waals surface area (Å²) in [6, 6.07) is 0. The van der Waals surface area contributed by atoms with E-state index in [2.05, 4.69) is 26.5 Å². The molecule has 3 fully saturated rings. The van der Waals surface area contributed by atoms with E-state index in [1.165, 1.54) is 12.5 Å². The van der Waals surface area contributed by atoms with Gasteiger partial charge in [-0.1, -0.05) is 38.2 Å². The van der Waals surface area contributed by atoms with Crippen LogP contribution in [0.25, 0.3) is 0 Å². The number of carbonyl (C=O) groups excluding carboxylic acids is 1. The van der Waals surface area contributed by atoms with E-state index < -0.39 is 0 Å². The molecule has 0 spiro atoms. The second-order valence-corrected chi connectivity index (χ2v) is 9.89. The van der Waals surface area contributed by atoms with Gasteiger partial charge in [-0.2, -0.15) is 0 Å². The lowest BCUT2D eigenvalue weighted by Gasteiger charge is -2.56. The third kappa shape index (κ3) is 3.70. The average Bonchev–Trinajstić information content (AvgIpc) is 2.96. The van der Waals surface area contributed by atoms with Crippen molar-refractivity contribution < 1.29 is 19.7 Å². The van der Waals surface area contributed by atoms with E-state index in [4.69, 9.17) is 4.74 Å². The van der Waals surface area contributed by atoms with E-state index in [1.807, 2.05) is 6.08 Å². The molecule has 158 valence electrons. The minimum atomic E-state index is -0.218. The molecule has 0 bridgehead atoms. The molecule has 0 aliphatic heterocycles. The monoisotopic (exact) mass is 390 g/mol. The lowest BCUT2D eigenvalue weighted by molar-refractivity contribution is -0.152. The molecule has 0 heterocycles. The Morgan fingerprint density at radius 1 is 1.21 bits per heavy atom. The summed E-state index contributed by atoms with van der Waals surface area (Å²) in [6.45, 7) is 10.8. The predicted octanol–water partition coefficient (Wildman–Crippen LogP) is 4.26. The second kappa shape index (κ2) is 8.31. The molecule has 2 N–H and O–H groups in total. The van der Waals surface area contributed by atoms with Crippen LogP contribution in [0.3, 0.4) is 0 Å². The highest BCUT2D eigenvalue weighted by molar-refractivity contribution is 5.66. The van der Waals surface area contributed by atoms with Crippen LogP contribution in [0.5, 0.6) is 0 Å². The zero-order valence-electron chi connectivity index (χ0n) is 17.8. The van der Waals surface area contributed by atoms with Crippen LogP contribution in [-0.2, 0) is 9.53 Å². The normalized spacial score (nSPS) is 43.9. The minimum absolute atomic E-state index is 0.0272. The summed E-state index contributed by atoms with van der Waals surface area (Å²) >= 11 is 0. The molecule has 28 heavy (non-hydrogen) atoms. The Bertz CT molecular complexity index is 626. The summed E-state index contributed by atoms with van der Waals surface area (Å²) in [7, 11) is 0. The lowest BCUT2D eigenvalue weighted by Crippen LogP contribution is -2.51. The molecule has 4 nitrogen and oxygen atoms in total. The van der Waals surface area contributed by atoms with Crippen molar-refractivity contribution in [2.45, 2.75) is 71.8 Å². The number of ether oxygens (including phenoxy) is 1. The molecule has 3 rings (SSSR count). The van der Waals surface area contributed by atoms with Crippen LogP contribution >= 0.6 is 0 Å². The van der Waals surface area contributed by atoms with Crippen LogP contribution < -0.4 is 0 Å². The van der Waals surface area contributed by atoms with Gasteiger partial charge in [-0.3, -0.25) is 4.79 Å². The Balaban J connectivity index is 1.87. The number of aliphatic hydroxyl groups is 2. The van der Waals surface area contributed by atoms with Gasteiger partial charge in [0.2, 0.25) is 0 Å². The van der Waals surface area contributed by atoms with Crippen molar-refractivity contribution in [2.24, 2.45) is 34.5 Å². The second-order valence-electron chi connectivity index (χ2n) is 9.89. The van der Waals surface area contributed by atoms with E-state index in [9.17, 15) is 15.0 Å². The molecular formula is C24H38O4. The fourth-order valence-electron chi connectivity index (χ4n) is 6.92. The van der Waals surface area contributed by atoms with E-state index in [0.29, 0.717) is 17.8 Å². The minimum Gasteiger partial charge on any atom is -0.463 e. The summed E-state index contributed by atoms with van der Waals surface area (Å²) in [6.07, 6.45) is 11.1. The molecule has 0 aromatic rings. The summed E-state index contributed by atoms with van der Waals surface area (Å²) < 4.78 is 5.54. The van der Waals surface area contributed by atoms with Gasteiger partial charge in [0.1, 0.15) is 6.10 Å². The Kier molecular flexibility index (Phi) is 6.41. The number of fused-ring (bicyclic) bond motifs is 1. The maximum Gasteiger partial charge on any atom is 0.302 e. The number of esters is 1. The molecule has 3 aliphatic rings. The number of allylic oxidation sites excluding steroid dienone is 2. The maximum atomic E-state index is 11.5. The summed E-state index contributed by atoms with van der Waals surface area (Å²) in [5.41, 5.74) is 1.59. The third-order valence-corrected chi connectivity index (χ3v) is 8.62. The van der Waals surface area contributed by atoms with Crippen molar-refractivity contribution >= 4 is 5.97 Å². The van der Waals surface area contributed by atoms with E-state index in [0.717, 1.165) is 44.9 Å². The van der Waals surface area contributed by atoms with Gasteiger partial charge >= 0.3 is 5.97 Å². The molecule has 3 saturated carbocycles. The Labute approximate surface area is 170 Å². The van der Waals surface area contributed by atoms with Crippen LogP contribution in [0.4, 0.5) is 0 Å². The molecule has 0 saturated heterocycles. The van der Waals surface area contributed by atoms with Gasteiger partial charge in [0.15, 0.2) is 0 Å². The van der Waals surface area contributed by atoms with Crippen molar-refractivity contribution in [3.63, 3.8) is 0 Å². The number of hydrogen-bond acceptors (Lipinski definition) is 4. The topological polar surface area (TPSA) is 66.8 Å². The first kappa shape index (κ1) is 21.6. The van der Waals surface area contributed by atoms with Crippen LogP contribution in [0.2, 0.25) is 0 Å². The van der Waals surface area contributed by atoms with Crippen LogP contribution in [0.1, 0.15) is 65.7 Å². The average molecular weight is 391 g/mol. The predicted molar refractivity (Wildman–Crippen MR) is 110 cm³/mol. The fraction of sp³-hybridized carbons (Fsp3) is 0.792. The van der Waals surface area contributed by atoms with Crippen LogP contribution in [-0.4, -0.2) is 35.5 Å². The smallest absolute Gasteiger partial charge is 0.302 e. The first-order chi connectivity index (χ1) is 13.3. The molecular weight excluding hydrogens is 352 g/mol. The largest absolute Gasteiger partial charge is 0.463 e. The molecule has 0 amide bonds. The zero-order chi connectivity index (χ0) is 20.5. The number of carbonyl (C=O) groups is 1. The zero-order valence-corrected chi connectivity index (χ0v) is 17.8. The molecule has 0 aromatic carbocycles. The number of rotatable bonds is 5. The lowest BCUT2D eigenvalue weighted by atomic mass is 9.49. The molecule has 0 radical (unpaired) electrons. The van der Waals surface area contributed by atoms with Gasteiger partial charge in [0.25, 0.3) is 0 Å².